The topological polar surface area (TPSA) is 177 Å². The summed E-state index contributed by atoms with van der Waals surface area (Å²) in [6, 6.07) is -2.88. The fourth-order valence-corrected chi connectivity index (χ4v) is 4.22. The van der Waals surface area contributed by atoms with Crippen LogP contribution in [0.2, 0.25) is 0 Å². The molecule has 0 aromatic heterocycles. The van der Waals surface area contributed by atoms with Gasteiger partial charge in [-0.3, -0.25) is 14.1 Å². The van der Waals surface area contributed by atoms with Crippen molar-refractivity contribution in [3.63, 3.8) is 0 Å². The zero-order valence-corrected chi connectivity index (χ0v) is 14.7. The monoisotopic (exact) mass is 391 g/mol. The number of carbonyl (C=O) groups is 3. The van der Waals surface area contributed by atoms with Gasteiger partial charge in [0, 0.05) is 12.6 Å². The summed E-state index contributed by atoms with van der Waals surface area (Å²) in [5, 5.41) is 1.04. The number of amides is 4. The van der Waals surface area contributed by atoms with Crippen LogP contribution in [0.5, 0.6) is 0 Å². The lowest BCUT2D eigenvalue weighted by molar-refractivity contribution is -0.151. The van der Waals surface area contributed by atoms with Crippen LogP contribution in [0.25, 0.3) is 0 Å². The molecule has 0 spiro atoms. The molecule has 2 heterocycles. The number of fused-ring (bicyclic) bond motifs is 2. The standard InChI is InChI=1S/C13H21N5O7S/c14-9-3-1-2-8(9)11(19)17(15)12(20)10-5-4-7-6-16(10)13(21)18(7)25-26(22,23)24/h7-10H,1-6,14-15H2,(H,22,23,24)/t7-,8?,9-,10+/m1/s1. The summed E-state index contributed by atoms with van der Waals surface area (Å²) in [6.07, 6.45) is 2.43. The van der Waals surface area contributed by atoms with Crippen LogP contribution in [0.1, 0.15) is 32.1 Å². The van der Waals surface area contributed by atoms with Crippen molar-refractivity contribution in [1.82, 2.24) is 15.0 Å². The van der Waals surface area contributed by atoms with Crippen LogP contribution in [0.4, 0.5) is 4.79 Å². The van der Waals surface area contributed by atoms with Crippen LogP contribution >= 0.6 is 0 Å². The lowest BCUT2D eigenvalue weighted by Crippen LogP contribution is -2.57. The van der Waals surface area contributed by atoms with Crippen LogP contribution in [0.15, 0.2) is 0 Å². The minimum atomic E-state index is -4.87. The molecular weight excluding hydrogens is 370 g/mol. The number of hydroxylamine groups is 2. The third kappa shape index (κ3) is 3.40. The van der Waals surface area contributed by atoms with E-state index in [9.17, 15) is 22.8 Å². The molecule has 0 aromatic carbocycles. The highest BCUT2D eigenvalue weighted by molar-refractivity contribution is 7.80. The number of hydrogen-bond acceptors (Lipinski definition) is 8. The number of rotatable bonds is 4. The molecule has 1 aliphatic carbocycles. The van der Waals surface area contributed by atoms with Crippen molar-refractivity contribution in [2.45, 2.75) is 50.2 Å². The smallest absolute Gasteiger partial charge is 0.327 e. The van der Waals surface area contributed by atoms with E-state index in [1.165, 1.54) is 0 Å². The maximum Gasteiger partial charge on any atom is 0.418 e. The molecule has 3 fully saturated rings. The number of carbonyl (C=O) groups excluding carboxylic acids is 3. The van der Waals surface area contributed by atoms with E-state index in [1.54, 1.807) is 0 Å². The second-order valence-electron chi connectivity index (χ2n) is 6.76. The van der Waals surface area contributed by atoms with E-state index in [0.29, 0.717) is 22.9 Å². The number of hydrogen-bond donors (Lipinski definition) is 3. The second kappa shape index (κ2) is 6.74. The number of imide groups is 1. The maximum absolute atomic E-state index is 12.6. The Balaban J connectivity index is 1.71. The third-order valence-corrected chi connectivity index (χ3v) is 5.49. The van der Waals surface area contributed by atoms with Gasteiger partial charge in [0.1, 0.15) is 6.04 Å². The van der Waals surface area contributed by atoms with Gasteiger partial charge in [-0.05, 0) is 25.7 Å². The highest BCUT2D eigenvalue weighted by Crippen LogP contribution is 2.32. The molecule has 4 atom stereocenters. The van der Waals surface area contributed by atoms with Crippen molar-refractivity contribution in [3.05, 3.63) is 0 Å². The summed E-state index contributed by atoms with van der Waals surface area (Å²) < 4.78 is 34.8. The van der Waals surface area contributed by atoms with Gasteiger partial charge in [0.2, 0.25) is 5.91 Å². The normalized spacial score (nSPS) is 31.4. The van der Waals surface area contributed by atoms with Crippen molar-refractivity contribution in [3.8, 4) is 0 Å². The van der Waals surface area contributed by atoms with E-state index in [0.717, 1.165) is 11.3 Å². The fraction of sp³-hybridized carbons (Fsp3) is 0.769. The Kier molecular flexibility index (Phi) is 4.92. The summed E-state index contributed by atoms with van der Waals surface area (Å²) in [4.78, 5) is 38.5. The molecule has 3 rings (SSSR count). The Bertz CT molecular complexity index is 728. The largest absolute Gasteiger partial charge is 0.418 e. The molecule has 0 radical (unpaired) electrons. The lowest BCUT2D eigenvalue weighted by atomic mass is 9.99. The molecular formula is C13H21N5O7S. The van der Waals surface area contributed by atoms with Gasteiger partial charge in [-0.2, -0.15) is 13.5 Å². The van der Waals surface area contributed by atoms with Gasteiger partial charge in [0.15, 0.2) is 0 Å². The first kappa shape index (κ1) is 19.0. The third-order valence-electron chi connectivity index (χ3n) is 5.14. The van der Waals surface area contributed by atoms with E-state index in [-0.39, 0.29) is 25.4 Å². The minimum absolute atomic E-state index is 0.0235. The van der Waals surface area contributed by atoms with Crippen molar-refractivity contribution in [1.29, 1.82) is 0 Å². The van der Waals surface area contributed by atoms with Gasteiger partial charge in [-0.15, -0.1) is 4.28 Å². The fourth-order valence-electron chi connectivity index (χ4n) is 3.83. The maximum atomic E-state index is 12.6. The summed E-state index contributed by atoms with van der Waals surface area (Å²) in [6.45, 7) is 0.0235. The molecule has 13 heteroatoms. The molecule has 3 aliphatic rings. The average molecular weight is 391 g/mol. The highest BCUT2D eigenvalue weighted by Gasteiger charge is 2.50. The van der Waals surface area contributed by atoms with Crippen LogP contribution in [-0.4, -0.2) is 70.5 Å². The quantitative estimate of drug-likeness (QED) is 0.166. The SMILES string of the molecule is N[C@@H]1CCCC1C(=O)N(N)C(=O)[C@@H]1CC[C@@H]2CN1C(=O)N2OS(=O)(=O)O. The minimum Gasteiger partial charge on any atom is -0.327 e. The van der Waals surface area contributed by atoms with Gasteiger partial charge >= 0.3 is 16.4 Å². The molecule has 26 heavy (non-hydrogen) atoms. The summed E-state index contributed by atoms with van der Waals surface area (Å²) in [7, 11) is -4.87. The number of nitrogens with zero attached hydrogens (tertiary/aromatic N) is 3. The number of nitrogens with two attached hydrogens (primary N) is 2. The predicted octanol–water partition coefficient (Wildman–Crippen LogP) is -1.65. The molecule has 2 bridgehead atoms. The Morgan fingerprint density at radius 1 is 1.19 bits per heavy atom. The molecule has 12 nitrogen and oxygen atoms in total. The Hall–Kier alpha value is -1.80. The van der Waals surface area contributed by atoms with Crippen LogP contribution in [-0.2, 0) is 24.3 Å². The van der Waals surface area contributed by atoms with E-state index in [2.05, 4.69) is 4.28 Å². The van der Waals surface area contributed by atoms with Gasteiger partial charge in [-0.25, -0.2) is 15.6 Å². The molecule has 1 unspecified atom stereocenters. The zero-order chi connectivity index (χ0) is 19.2. The molecule has 146 valence electrons. The van der Waals surface area contributed by atoms with Crippen LogP contribution < -0.4 is 11.6 Å². The average Bonchev–Trinajstić information content (AvgIpc) is 3.10. The first-order chi connectivity index (χ1) is 12.1. The van der Waals surface area contributed by atoms with Crippen LogP contribution in [0.3, 0.4) is 0 Å². The summed E-state index contributed by atoms with van der Waals surface area (Å²) in [5.41, 5.74) is 5.87. The Labute approximate surface area is 149 Å². The highest BCUT2D eigenvalue weighted by atomic mass is 32.3. The number of urea groups is 1. The summed E-state index contributed by atoms with van der Waals surface area (Å²) >= 11 is 0. The van der Waals surface area contributed by atoms with Gasteiger partial charge in [0.05, 0.1) is 12.0 Å². The van der Waals surface area contributed by atoms with E-state index < -0.39 is 46.2 Å². The van der Waals surface area contributed by atoms with Crippen molar-refractivity contribution in [2.75, 3.05) is 6.54 Å². The van der Waals surface area contributed by atoms with Crippen LogP contribution in [0, 0.1) is 5.92 Å². The molecule has 0 aromatic rings. The van der Waals surface area contributed by atoms with E-state index in [1.807, 2.05) is 0 Å². The Morgan fingerprint density at radius 2 is 1.88 bits per heavy atom. The molecule has 5 N–H and O–H groups in total. The molecule has 4 amide bonds. The Morgan fingerprint density at radius 3 is 2.46 bits per heavy atom. The van der Waals surface area contributed by atoms with Gasteiger partial charge in [0.25, 0.3) is 5.91 Å². The molecule has 1 saturated carbocycles. The van der Waals surface area contributed by atoms with E-state index in [4.69, 9.17) is 16.1 Å². The first-order valence-electron chi connectivity index (χ1n) is 8.25. The molecule has 2 aliphatic heterocycles. The number of piperidine rings is 1. The summed E-state index contributed by atoms with van der Waals surface area (Å²) in [5.74, 6) is 3.83. The molecule has 2 saturated heterocycles. The van der Waals surface area contributed by atoms with Crippen molar-refractivity contribution in [2.24, 2.45) is 17.5 Å². The van der Waals surface area contributed by atoms with Crippen molar-refractivity contribution < 1.29 is 31.6 Å². The zero-order valence-electron chi connectivity index (χ0n) is 13.9. The van der Waals surface area contributed by atoms with E-state index >= 15 is 0 Å². The van der Waals surface area contributed by atoms with Crippen molar-refractivity contribution >= 4 is 28.2 Å². The number of hydrazine groups is 1. The predicted molar refractivity (Wildman–Crippen MR) is 84.7 cm³/mol. The lowest BCUT2D eigenvalue weighted by Gasteiger charge is -2.32. The second-order valence-corrected chi connectivity index (χ2v) is 7.76. The first-order valence-corrected chi connectivity index (χ1v) is 9.61. The van der Waals surface area contributed by atoms with Gasteiger partial charge in [-0.1, -0.05) is 6.42 Å². The van der Waals surface area contributed by atoms with Gasteiger partial charge < -0.3 is 10.6 Å².